The lowest BCUT2D eigenvalue weighted by Crippen LogP contribution is -1.92. The third kappa shape index (κ3) is 2.10. The number of hydrogen-bond donors (Lipinski definition) is 1. The summed E-state index contributed by atoms with van der Waals surface area (Å²) in [7, 11) is 1.94. The fourth-order valence-corrected chi connectivity index (χ4v) is 3.11. The van der Waals surface area contributed by atoms with E-state index < -0.39 is 0 Å². The van der Waals surface area contributed by atoms with Crippen molar-refractivity contribution in [2.75, 3.05) is 0 Å². The Morgan fingerprint density at radius 2 is 2.05 bits per heavy atom. The van der Waals surface area contributed by atoms with Crippen LogP contribution in [-0.2, 0) is 7.05 Å². The number of thiazole rings is 1. The van der Waals surface area contributed by atoms with Gasteiger partial charge in [-0.3, -0.25) is 4.68 Å². The van der Waals surface area contributed by atoms with E-state index in [1.165, 1.54) is 0 Å². The largest absolute Gasteiger partial charge is 0.508 e. The number of phenolic OH excluding ortho intramolecular Hbond substituents is 1. The third-order valence-electron chi connectivity index (χ3n) is 3.36. The number of aryl methyl sites for hydroxylation is 2. The zero-order chi connectivity index (χ0) is 14.3. The predicted octanol–water partition coefficient (Wildman–Crippen LogP) is 3.53. The van der Waals surface area contributed by atoms with Gasteiger partial charge in [0.15, 0.2) is 0 Å². The molecule has 0 amide bonds. The first-order valence-corrected chi connectivity index (χ1v) is 7.19. The Hall–Kier alpha value is -2.14. The van der Waals surface area contributed by atoms with Crippen LogP contribution in [0.15, 0.2) is 29.6 Å². The molecular weight excluding hydrogens is 270 g/mol. The highest BCUT2D eigenvalue weighted by Crippen LogP contribution is 2.32. The molecule has 0 aliphatic heterocycles. The highest BCUT2D eigenvalue weighted by atomic mass is 32.1. The number of nitrogens with zero attached hydrogens (tertiary/aromatic N) is 3. The second-order valence-corrected chi connectivity index (χ2v) is 5.62. The molecule has 1 N–H and O–H groups in total. The van der Waals surface area contributed by atoms with E-state index in [4.69, 9.17) is 0 Å². The standard InChI is InChI=1S/C15H15N3OS/c1-9-14(10(2)18(3)17-9)13-8-20-15(16-13)11-5-4-6-12(19)7-11/h4-8,19H,1-3H3. The van der Waals surface area contributed by atoms with Gasteiger partial charge in [0.25, 0.3) is 0 Å². The van der Waals surface area contributed by atoms with E-state index in [2.05, 4.69) is 10.1 Å². The summed E-state index contributed by atoms with van der Waals surface area (Å²) in [6, 6.07) is 7.16. The van der Waals surface area contributed by atoms with Crippen molar-refractivity contribution in [3.63, 3.8) is 0 Å². The first-order valence-electron chi connectivity index (χ1n) is 6.32. The lowest BCUT2D eigenvalue weighted by atomic mass is 10.1. The smallest absolute Gasteiger partial charge is 0.124 e. The Morgan fingerprint density at radius 1 is 1.25 bits per heavy atom. The minimum absolute atomic E-state index is 0.257. The normalized spacial score (nSPS) is 10.9. The first kappa shape index (κ1) is 12.9. The van der Waals surface area contributed by atoms with Crippen LogP contribution < -0.4 is 0 Å². The summed E-state index contributed by atoms with van der Waals surface area (Å²) in [6.07, 6.45) is 0. The number of hydrogen-bond acceptors (Lipinski definition) is 4. The number of aromatic nitrogens is 3. The van der Waals surface area contributed by atoms with Crippen LogP contribution in [0.1, 0.15) is 11.4 Å². The molecule has 0 unspecified atom stereocenters. The van der Waals surface area contributed by atoms with Crippen molar-refractivity contribution in [1.82, 2.24) is 14.8 Å². The molecule has 0 fully saturated rings. The fraction of sp³-hybridized carbons (Fsp3) is 0.200. The molecule has 0 aliphatic carbocycles. The molecule has 0 saturated heterocycles. The van der Waals surface area contributed by atoms with Gasteiger partial charge in [0.2, 0.25) is 0 Å². The molecule has 3 aromatic rings. The minimum Gasteiger partial charge on any atom is -0.508 e. The maximum atomic E-state index is 9.55. The molecule has 2 heterocycles. The van der Waals surface area contributed by atoms with Crippen molar-refractivity contribution in [2.45, 2.75) is 13.8 Å². The zero-order valence-electron chi connectivity index (χ0n) is 11.6. The number of phenols is 1. The average Bonchev–Trinajstić information content (AvgIpc) is 2.96. The van der Waals surface area contributed by atoms with E-state index in [1.807, 2.05) is 43.1 Å². The zero-order valence-corrected chi connectivity index (χ0v) is 12.4. The molecule has 0 spiro atoms. The van der Waals surface area contributed by atoms with E-state index >= 15 is 0 Å². The summed E-state index contributed by atoms with van der Waals surface area (Å²) in [5.74, 6) is 0.257. The molecule has 5 heteroatoms. The maximum absolute atomic E-state index is 9.55. The number of rotatable bonds is 2. The molecule has 0 radical (unpaired) electrons. The van der Waals surface area contributed by atoms with E-state index in [0.29, 0.717) is 0 Å². The topological polar surface area (TPSA) is 50.9 Å². The van der Waals surface area contributed by atoms with Gasteiger partial charge in [0, 0.05) is 29.2 Å². The molecule has 20 heavy (non-hydrogen) atoms. The fourth-order valence-electron chi connectivity index (χ4n) is 2.30. The molecule has 0 bridgehead atoms. The van der Waals surface area contributed by atoms with Gasteiger partial charge in [-0.2, -0.15) is 5.10 Å². The average molecular weight is 285 g/mol. The quantitative estimate of drug-likeness (QED) is 0.783. The first-order chi connectivity index (χ1) is 9.56. The molecule has 0 aliphatic rings. The van der Waals surface area contributed by atoms with Crippen LogP contribution in [0.25, 0.3) is 21.8 Å². The summed E-state index contributed by atoms with van der Waals surface area (Å²) in [5.41, 5.74) is 5.06. The van der Waals surface area contributed by atoms with Gasteiger partial charge >= 0.3 is 0 Å². The van der Waals surface area contributed by atoms with Crippen LogP contribution >= 0.6 is 11.3 Å². The molecule has 1 aromatic carbocycles. The van der Waals surface area contributed by atoms with Crippen LogP contribution in [0.2, 0.25) is 0 Å². The number of benzene rings is 1. The molecule has 102 valence electrons. The Bertz CT molecular complexity index is 773. The van der Waals surface area contributed by atoms with Crippen molar-refractivity contribution < 1.29 is 5.11 Å². The van der Waals surface area contributed by atoms with E-state index in [1.54, 1.807) is 23.5 Å². The molecular formula is C15H15N3OS. The maximum Gasteiger partial charge on any atom is 0.124 e. The summed E-state index contributed by atoms with van der Waals surface area (Å²) in [4.78, 5) is 4.68. The highest BCUT2D eigenvalue weighted by molar-refractivity contribution is 7.13. The number of aromatic hydroxyl groups is 1. The van der Waals surface area contributed by atoms with Crippen LogP contribution in [0.4, 0.5) is 0 Å². The molecule has 3 rings (SSSR count). The van der Waals surface area contributed by atoms with Gasteiger partial charge < -0.3 is 5.11 Å². The van der Waals surface area contributed by atoms with Crippen molar-refractivity contribution in [2.24, 2.45) is 7.05 Å². The second kappa shape index (κ2) is 4.76. The van der Waals surface area contributed by atoms with Gasteiger partial charge in [0.1, 0.15) is 10.8 Å². The van der Waals surface area contributed by atoms with Crippen molar-refractivity contribution in [1.29, 1.82) is 0 Å². The molecule has 0 atom stereocenters. The van der Waals surface area contributed by atoms with E-state index in [9.17, 15) is 5.11 Å². The summed E-state index contributed by atoms with van der Waals surface area (Å²) < 4.78 is 1.87. The van der Waals surface area contributed by atoms with Crippen LogP contribution in [0.5, 0.6) is 5.75 Å². The van der Waals surface area contributed by atoms with Gasteiger partial charge in [-0.25, -0.2) is 4.98 Å². The van der Waals surface area contributed by atoms with Crippen molar-refractivity contribution in [3.8, 4) is 27.6 Å². The SMILES string of the molecule is Cc1nn(C)c(C)c1-c1csc(-c2cccc(O)c2)n1. The van der Waals surface area contributed by atoms with Gasteiger partial charge in [-0.05, 0) is 26.0 Å². The Labute approximate surface area is 121 Å². The van der Waals surface area contributed by atoms with E-state index in [0.717, 1.165) is 33.2 Å². The lowest BCUT2D eigenvalue weighted by Gasteiger charge is -1.98. The van der Waals surface area contributed by atoms with Gasteiger partial charge in [0.05, 0.1) is 11.4 Å². The molecule has 4 nitrogen and oxygen atoms in total. The van der Waals surface area contributed by atoms with Crippen LogP contribution in [-0.4, -0.2) is 19.9 Å². The summed E-state index contributed by atoms with van der Waals surface area (Å²) in [6.45, 7) is 4.04. The van der Waals surface area contributed by atoms with Crippen molar-refractivity contribution >= 4 is 11.3 Å². The minimum atomic E-state index is 0.257. The Balaban J connectivity index is 2.06. The summed E-state index contributed by atoms with van der Waals surface area (Å²) in [5, 5.41) is 16.9. The van der Waals surface area contributed by atoms with Gasteiger partial charge in [-0.15, -0.1) is 11.3 Å². The summed E-state index contributed by atoms with van der Waals surface area (Å²) >= 11 is 1.57. The van der Waals surface area contributed by atoms with Crippen molar-refractivity contribution in [3.05, 3.63) is 41.0 Å². The highest BCUT2D eigenvalue weighted by Gasteiger charge is 2.15. The Morgan fingerprint density at radius 3 is 2.70 bits per heavy atom. The van der Waals surface area contributed by atoms with Gasteiger partial charge in [-0.1, -0.05) is 12.1 Å². The molecule has 2 aromatic heterocycles. The Kier molecular flexibility index (Phi) is 3.06. The van der Waals surface area contributed by atoms with E-state index in [-0.39, 0.29) is 5.75 Å². The molecule has 0 saturated carbocycles. The van der Waals surface area contributed by atoms with Crippen LogP contribution in [0.3, 0.4) is 0 Å². The predicted molar refractivity (Wildman–Crippen MR) is 80.9 cm³/mol. The third-order valence-corrected chi connectivity index (χ3v) is 4.25. The second-order valence-electron chi connectivity index (χ2n) is 4.76. The monoisotopic (exact) mass is 285 g/mol. The van der Waals surface area contributed by atoms with Crippen LogP contribution in [0, 0.1) is 13.8 Å². The lowest BCUT2D eigenvalue weighted by molar-refractivity contribution is 0.475.